The zero-order chi connectivity index (χ0) is 11.5. The molecule has 5 heteroatoms. The minimum atomic E-state index is -1.22. The number of carbonyl (C=O) groups is 1. The second kappa shape index (κ2) is 9.73. The van der Waals surface area contributed by atoms with Gasteiger partial charge < -0.3 is 19.3 Å². The Bertz CT molecular complexity index is 160. The Morgan fingerprint density at radius 1 is 1.33 bits per heavy atom. The maximum Gasteiger partial charge on any atom is 0.505 e. The summed E-state index contributed by atoms with van der Waals surface area (Å²) in [5, 5.41) is 8.24. The first-order valence-corrected chi connectivity index (χ1v) is 5.17. The summed E-state index contributed by atoms with van der Waals surface area (Å²) >= 11 is 0. The van der Waals surface area contributed by atoms with E-state index in [1.54, 1.807) is 7.11 Å². The highest BCUT2D eigenvalue weighted by Gasteiger charge is 2.06. The summed E-state index contributed by atoms with van der Waals surface area (Å²) in [6, 6.07) is 0. The summed E-state index contributed by atoms with van der Waals surface area (Å²) in [7, 11) is 1.63. The van der Waals surface area contributed by atoms with Crippen LogP contribution in [0.4, 0.5) is 4.79 Å². The molecule has 0 saturated carbocycles. The van der Waals surface area contributed by atoms with Crippen molar-refractivity contribution in [1.29, 1.82) is 0 Å². The summed E-state index contributed by atoms with van der Waals surface area (Å²) < 4.78 is 14.8. The van der Waals surface area contributed by atoms with Crippen LogP contribution in [0.2, 0.25) is 0 Å². The van der Waals surface area contributed by atoms with Gasteiger partial charge in [-0.05, 0) is 19.3 Å². The number of hydrogen-bond donors (Lipinski definition) is 1. The van der Waals surface area contributed by atoms with Gasteiger partial charge in [0.25, 0.3) is 0 Å². The molecule has 0 aromatic rings. The van der Waals surface area contributed by atoms with Crippen molar-refractivity contribution in [3.63, 3.8) is 0 Å². The summed E-state index contributed by atoms with van der Waals surface area (Å²) in [4.78, 5) is 10.1. The predicted octanol–water partition coefficient (Wildman–Crippen LogP) is 1.90. The highest BCUT2D eigenvalue weighted by molar-refractivity contribution is 5.56. The van der Waals surface area contributed by atoms with Crippen molar-refractivity contribution in [2.24, 2.45) is 0 Å². The van der Waals surface area contributed by atoms with Gasteiger partial charge >= 0.3 is 6.16 Å². The monoisotopic (exact) mass is 220 g/mol. The molecule has 0 fully saturated rings. The van der Waals surface area contributed by atoms with Gasteiger partial charge in [-0.25, -0.2) is 4.79 Å². The third-order valence-corrected chi connectivity index (χ3v) is 1.99. The quantitative estimate of drug-likeness (QED) is 0.475. The first-order chi connectivity index (χ1) is 7.20. The van der Waals surface area contributed by atoms with Gasteiger partial charge in [-0.15, -0.1) is 0 Å². The molecular weight excluding hydrogens is 200 g/mol. The molecule has 0 aliphatic heterocycles. The smallest absolute Gasteiger partial charge is 0.450 e. The van der Waals surface area contributed by atoms with E-state index in [0.717, 1.165) is 12.8 Å². The predicted molar refractivity (Wildman–Crippen MR) is 55.1 cm³/mol. The van der Waals surface area contributed by atoms with Crippen molar-refractivity contribution in [2.75, 3.05) is 26.9 Å². The third-order valence-electron chi connectivity index (χ3n) is 1.99. The van der Waals surface area contributed by atoms with Crippen molar-refractivity contribution in [3.05, 3.63) is 0 Å². The first-order valence-electron chi connectivity index (χ1n) is 5.17. The Labute approximate surface area is 90.3 Å². The Kier molecular flexibility index (Phi) is 9.21. The number of rotatable bonds is 9. The second-order valence-corrected chi connectivity index (χ2v) is 3.15. The van der Waals surface area contributed by atoms with E-state index in [9.17, 15) is 4.79 Å². The van der Waals surface area contributed by atoms with Crippen LogP contribution in [0.5, 0.6) is 0 Å². The molecule has 0 aliphatic carbocycles. The maximum atomic E-state index is 10.1. The van der Waals surface area contributed by atoms with Crippen LogP contribution in [0.3, 0.4) is 0 Å². The van der Waals surface area contributed by atoms with E-state index in [-0.39, 0.29) is 12.7 Å². The van der Waals surface area contributed by atoms with Crippen molar-refractivity contribution in [1.82, 2.24) is 0 Å². The summed E-state index contributed by atoms with van der Waals surface area (Å²) in [6.45, 7) is 3.44. The molecule has 0 aliphatic rings. The first kappa shape index (κ1) is 14.2. The second-order valence-electron chi connectivity index (χ2n) is 3.15. The molecule has 0 aromatic heterocycles. The van der Waals surface area contributed by atoms with Gasteiger partial charge in [-0.2, -0.15) is 0 Å². The molecule has 90 valence electrons. The molecule has 0 bridgehead atoms. The molecule has 1 N–H and O–H groups in total. The lowest BCUT2D eigenvalue weighted by Gasteiger charge is -2.15. The van der Waals surface area contributed by atoms with Gasteiger partial charge in [-0.3, -0.25) is 0 Å². The van der Waals surface area contributed by atoms with E-state index < -0.39 is 6.16 Å². The fourth-order valence-electron chi connectivity index (χ4n) is 1.17. The van der Waals surface area contributed by atoms with E-state index in [2.05, 4.69) is 4.74 Å². The zero-order valence-electron chi connectivity index (χ0n) is 9.40. The van der Waals surface area contributed by atoms with Crippen LogP contribution in [0.1, 0.15) is 26.2 Å². The molecule has 1 unspecified atom stereocenters. The third kappa shape index (κ3) is 9.49. The molecule has 15 heavy (non-hydrogen) atoms. The van der Waals surface area contributed by atoms with Gasteiger partial charge in [0.2, 0.25) is 0 Å². The minimum Gasteiger partial charge on any atom is -0.450 e. The van der Waals surface area contributed by atoms with Crippen LogP contribution in [-0.2, 0) is 14.2 Å². The summed E-state index contributed by atoms with van der Waals surface area (Å²) in [6.07, 6.45) is 1.36. The molecular formula is C10H20O5. The van der Waals surface area contributed by atoms with Crippen LogP contribution in [0.25, 0.3) is 0 Å². The lowest BCUT2D eigenvalue weighted by atomic mass is 10.1. The van der Waals surface area contributed by atoms with Crippen LogP contribution in [0.15, 0.2) is 0 Å². The molecule has 1 atom stereocenters. The lowest BCUT2D eigenvalue weighted by Crippen LogP contribution is -2.16. The number of hydrogen-bond acceptors (Lipinski definition) is 4. The molecule has 0 saturated heterocycles. The fraction of sp³-hybridized carbons (Fsp3) is 0.900. The Morgan fingerprint density at radius 3 is 2.60 bits per heavy atom. The minimum absolute atomic E-state index is 0.164. The molecule has 0 amide bonds. The lowest BCUT2D eigenvalue weighted by molar-refractivity contribution is 0.00699. The van der Waals surface area contributed by atoms with E-state index in [0.29, 0.717) is 19.6 Å². The highest BCUT2D eigenvalue weighted by Crippen LogP contribution is 2.06. The standard InChI is InChI=1S/C10H20O5/c1-3-9(14-8-7-13-2)5-4-6-15-10(11)12/h9H,3-8H2,1-2H3,(H,11,12). The Morgan fingerprint density at radius 2 is 2.07 bits per heavy atom. The Balaban J connectivity index is 3.39. The van der Waals surface area contributed by atoms with E-state index in [1.165, 1.54) is 0 Å². The van der Waals surface area contributed by atoms with Gasteiger partial charge in [0.05, 0.1) is 25.9 Å². The molecule has 0 aromatic carbocycles. The van der Waals surface area contributed by atoms with Gasteiger partial charge in [0, 0.05) is 7.11 Å². The topological polar surface area (TPSA) is 65.0 Å². The molecule has 0 heterocycles. The molecule has 5 nitrogen and oxygen atoms in total. The molecule has 0 radical (unpaired) electrons. The van der Waals surface area contributed by atoms with Crippen LogP contribution in [-0.4, -0.2) is 44.3 Å². The molecule has 0 rings (SSSR count). The normalized spacial score (nSPS) is 12.4. The maximum absolute atomic E-state index is 10.1. The van der Waals surface area contributed by atoms with Gasteiger partial charge in [0.1, 0.15) is 0 Å². The van der Waals surface area contributed by atoms with Crippen LogP contribution < -0.4 is 0 Å². The molecule has 0 spiro atoms. The average molecular weight is 220 g/mol. The van der Waals surface area contributed by atoms with Gasteiger partial charge in [-0.1, -0.05) is 6.92 Å². The SMILES string of the molecule is CCC(CCCOC(=O)O)OCCOC. The largest absolute Gasteiger partial charge is 0.505 e. The van der Waals surface area contributed by atoms with E-state index in [1.807, 2.05) is 6.92 Å². The van der Waals surface area contributed by atoms with E-state index in [4.69, 9.17) is 14.6 Å². The van der Waals surface area contributed by atoms with E-state index >= 15 is 0 Å². The summed E-state index contributed by atoms with van der Waals surface area (Å²) in [5.74, 6) is 0. The average Bonchev–Trinajstić information content (AvgIpc) is 2.21. The van der Waals surface area contributed by atoms with Crippen LogP contribution in [0, 0.1) is 0 Å². The number of ether oxygens (including phenoxy) is 3. The number of methoxy groups -OCH3 is 1. The highest BCUT2D eigenvalue weighted by atomic mass is 16.7. The zero-order valence-corrected chi connectivity index (χ0v) is 9.40. The Hall–Kier alpha value is -0.810. The van der Waals surface area contributed by atoms with Crippen molar-refractivity contribution in [3.8, 4) is 0 Å². The van der Waals surface area contributed by atoms with Crippen molar-refractivity contribution < 1.29 is 24.1 Å². The van der Waals surface area contributed by atoms with Crippen molar-refractivity contribution in [2.45, 2.75) is 32.3 Å². The number of carboxylic acid groups (broad SMARTS) is 1. The van der Waals surface area contributed by atoms with Gasteiger partial charge in [0.15, 0.2) is 0 Å². The fourth-order valence-corrected chi connectivity index (χ4v) is 1.17. The van der Waals surface area contributed by atoms with Crippen molar-refractivity contribution >= 4 is 6.16 Å². The summed E-state index contributed by atoms with van der Waals surface area (Å²) in [5.41, 5.74) is 0. The van der Waals surface area contributed by atoms with Crippen LogP contribution >= 0.6 is 0 Å².